The van der Waals surface area contributed by atoms with E-state index in [9.17, 15) is 4.79 Å². The second kappa shape index (κ2) is 7.70. The van der Waals surface area contributed by atoms with Crippen LogP contribution in [0.2, 0.25) is 5.02 Å². The molecule has 0 atom stereocenters. The van der Waals surface area contributed by atoms with Gasteiger partial charge in [-0.25, -0.2) is 0 Å². The van der Waals surface area contributed by atoms with Crippen LogP contribution in [0.1, 0.15) is 17.5 Å². The molecule has 2 aromatic carbocycles. The highest BCUT2D eigenvalue weighted by atomic mass is 35.5. The van der Waals surface area contributed by atoms with Crippen molar-refractivity contribution in [3.8, 4) is 5.75 Å². The van der Waals surface area contributed by atoms with Crippen LogP contribution in [-0.4, -0.2) is 13.0 Å². The Hall–Kier alpha value is -2.00. The highest BCUT2D eigenvalue weighted by Gasteiger charge is 2.03. The molecule has 4 heteroatoms. The Morgan fingerprint density at radius 1 is 1.05 bits per heavy atom. The number of amides is 1. The SMILES string of the molecule is COc1ccc(CNC(=O)CCc2ccc(Cl)cc2)cc1. The fraction of sp³-hybridized carbons (Fsp3) is 0.235. The van der Waals surface area contributed by atoms with E-state index in [4.69, 9.17) is 16.3 Å². The molecule has 0 aliphatic carbocycles. The Morgan fingerprint density at radius 3 is 2.29 bits per heavy atom. The van der Waals surface area contributed by atoms with Gasteiger partial charge in [-0.2, -0.15) is 0 Å². The lowest BCUT2D eigenvalue weighted by Crippen LogP contribution is -2.22. The Morgan fingerprint density at radius 2 is 1.67 bits per heavy atom. The molecule has 0 unspecified atom stereocenters. The Kier molecular flexibility index (Phi) is 5.64. The van der Waals surface area contributed by atoms with Crippen molar-refractivity contribution in [2.24, 2.45) is 0 Å². The minimum absolute atomic E-state index is 0.0424. The molecule has 1 N–H and O–H groups in total. The molecule has 0 heterocycles. The van der Waals surface area contributed by atoms with E-state index in [1.807, 2.05) is 48.5 Å². The lowest BCUT2D eigenvalue weighted by atomic mass is 10.1. The molecule has 0 aliphatic rings. The van der Waals surface area contributed by atoms with Crippen molar-refractivity contribution in [3.05, 3.63) is 64.7 Å². The third kappa shape index (κ3) is 5.12. The predicted octanol–water partition coefficient (Wildman–Crippen LogP) is 3.60. The van der Waals surface area contributed by atoms with E-state index < -0.39 is 0 Å². The molecule has 0 spiro atoms. The summed E-state index contributed by atoms with van der Waals surface area (Å²) in [5.74, 6) is 0.855. The quantitative estimate of drug-likeness (QED) is 0.885. The normalized spacial score (nSPS) is 10.2. The fourth-order valence-corrected chi connectivity index (χ4v) is 2.07. The van der Waals surface area contributed by atoms with Crippen molar-refractivity contribution in [2.75, 3.05) is 7.11 Å². The number of ether oxygens (including phenoxy) is 1. The summed E-state index contributed by atoms with van der Waals surface area (Å²) >= 11 is 5.83. The average Bonchev–Trinajstić information content (AvgIpc) is 2.53. The van der Waals surface area contributed by atoms with E-state index >= 15 is 0 Å². The minimum Gasteiger partial charge on any atom is -0.497 e. The molecule has 2 rings (SSSR count). The summed E-state index contributed by atoms with van der Waals surface area (Å²) in [6.07, 6.45) is 1.18. The molecular weight excluding hydrogens is 286 g/mol. The second-order valence-electron chi connectivity index (χ2n) is 4.75. The molecule has 0 saturated heterocycles. The maximum absolute atomic E-state index is 11.8. The number of benzene rings is 2. The number of hydrogen-bond acceptors (Lipinski definition) is 2. The highest BCUT2D eigenvalue weighted by Crippen LogP contribution is 2.12. The number of aryl methyl sites for hydroxylation is 1. The minimum atomic E-state index is 0.0424. The van der Waals surface area contributed by atoms with Gasteiger partial charge in [0.1, 0.15) is 5.75 Å². The summed E-state index contributed by atoms with van der Waals surface area (Å²) in [7, 11) is 1.63. The van der Waals surface area contributed by atoms with Crippen molar-refractivity contribution < 1.29 is 9.53 Å². The van der Waals surface area contributed by atoms with Crippen molar-refractivity contribution in [1.29, 1.82) is 0 Å². The monoisotopic (exact) mass is 303 g/mol. The summed E-state index contributed by atoms with van der Waals surface area (Å²) in [6, 6.07) is 15.2. The van der Waals surface area contributed by atoms with Crippen LogP contribution in [0.25, 0.3) is 0 Å². The lowest BCUT2D eigenvalue weighted by molar-refractivity contribution is -0.121. The van der Waals surface area contributed by atoms with Crippen LogP contribution in [0.15, 0.2) is 48.5 Å². The van der Waals surface area contributed by atoms with Crippen LogP contribution < -0.4 is 10.1 Å². The van der Waals surface area contributed by atoms with E-state index in [1.54, 1.807) is 7.11 Å². The van der Waals surface area contributed by atoms with Crippen molar-refractivity contribution in [3.63, 3.8) is 0 Å². The van der Waals surface area contributed by atoms with Crippen LogP contribution in [-0.2, 0) is 17.8 Å². The highest BCUT2D eigenvalue weighted by molar-refractivity contribution is 6.30. The number of carbonyl (C=O) groups is 1. The first-order chi connectivity index (χ1) is 10.2. The van der Waals surface area contributed by atoms with E-state index in [0.717, 1.165) is 16.9 Å². The number of carbonyl (C=O) groups excluding carboxylic acids is 1. The summed E-state index contributed by atoms with van der Waals surface area (Å²) in [6.45, 7) is 0.531. The Bertz CT molecular complexity index is 579. The molecule has 0 radical (unpaired) electrons. The number of halogens is 1. The number of rotatable bonds is 6. The van der Waals surface area contributed by atoms with Crippen LogP contribution in [0, 0.1) is 0 Å². The summed E-state index contributed by atoms with van der Waals surface area (Å²) in [5.41, 5.74) is 2.16. The van der Waals surface area contributed by atoms with Gasteiger partial charge in [-0.05, 0) is 41.8 Å². The van der Waals surface area contributed by atoms with Gasteiger partial charge in [-0.3, -0.25) is 4.79 Å². The van der Waals surface area contributed by atoms with Crippen LogP contribution in [0.5, 0.6) is 5.75 Å². The van der Waals surface area contributed by atoms with Crippen molar-refractivity contribution in [2.45, 2.75) is 19.4 Å². The smallest absolute Gasteiger partial charge is 0.220 e. The first-order valence-corrected chi connectivity index (χ1v) is 7.19. The summed E-state index contributed by atoms with van der Waals surface area (Å²) in [4.78, 5) is 11.8. The lowest BCUT2D eigenvalue weighted by Gasteiger charge is -2.06. The maximum atomic E-state index is 11.8. The number of nitrogens with one attached hydrogen (secondary N) is 1. The largest absolute Gasteiger partial charge is 0.497 e. The molecule has 2 aromatic rings. The van der Waals surface area contributed by atoms with Gasteiger partial charge in [0.2, 0.25) is 5.91 Å². The molecule has 21 heavy (non-hydrogen) atoms. The first-order valence-electron chi connectivity index (χ1n) is 6.81. The van der Waals surface area contributed by atoms with Gasteiger partial charge < -0.3 is 10.1 Å². The topological polar surface area (TPSA) is 38.3 Å². The molecule has 1 amide bonds. The van der Waals surface area contributed by atoms with Crippen molar-refractivity contribution >= 4 is 17.5 Å². The van der Waals surface area contributed by atoms with Gasteiger partial charge in [-0.1, -0.05) is 35.9 Å². The predicted molar refractivity (Wildman–Crippen MR) is 84.6 cm³/mol. The number of methoxy groups -OCH3 is 1. The standard InChI is InChI=1S/C17H18ClNO2/c1-21-16-9-4-14(5-10-16)12-19-17(20)11-6-13-2-7-15(18)8-3-13/h2-5,7-10H,6,11-12H2,1H3,(H,19,20). The Balaban J connectivity index is 1.75. The van der Waals surface area contributed by atoms with Gasteiger partial charge in [0.25, 0.3) is 0 Å². The third-order valence-electron chi connectivity index (χ3n) is 3.20. The van der Waals surface area contributed by atoms with Gasteiger partial charge >= 0.3 is 0 Å². The molecule has 0 saturated carbocycles. The van der Waals surface area contributed by atoms with Crippen LogP contribution in [0.3, 0.4) is 0 Å². The van der Waals surface area contributed by atoms with Crippen molar-refractivity contribution in [1.82, 2.24) is 5.32 Å². The van der Waals surface area contributed by atoms with E-state index in [1.165, 1.54) is 0 Å². The van der Waals surface area contributed by atoms with Crippen LogP contribution >= 0.6 is 11.6 Å². The zero-order valence-electron chi connectivity index (χ0n) is 11.9. The fourth-order valence-electron chi connectivity index (χ4n) is 1.94. The van der Waals surface area contributed by atoms with Gasteiger partial charge in [-0.15, -0.1) is 0 Å². The van der Waals surface area contributed by atoms with Crippen LogP contribution in [0.4, 0.5) is 0 Å². The van der Waals surface area contributed by atoms with Gasteiger partial charge in [0, 0.05) is 18.0 Å². The average molecular weight is 304 g/mol. The van der Waals surface area contributed by atoms with E-state index in [2.05, 4.69) is 5.32 Å². The zero-order valence-corrected chi connectivity index (χ0v) is 12.7. The molecule has 0 fully saturated rings. The zero-order chi connectivity index (χ0) is 15.1. The van der Waals surface area contributed by atoms with E-state index in [-0.39, 0.29) is 5.91 Å². The molecular formula is C17H18ClNO2. The molecule has 110 valence electrons. The summed E-state index contributed by atoms with van der Waals surface area (Å²) < 4.78 is 5.09. The van der Waals surface area contributed by atoms with Gasteiger partial charge in [0.05, 0.1) is 7.11 Å². The van der Waals surface area contributed by atoms with E-state index in [0.29, 0.717) is 24.4 Å². The third-order valence-corrected chi connectivity index (χ3v) is 3.45. The van der Waals surface area contributed by atoms with Gasteiger partial charge in [0.15, 0.2) is 0 Å². The molecule has 3 nitrogen and oxygen atoms in total. The number of hydrogen-bond donors (Lipinski definition) is 1. The summed E-state index contributed by atoms with van der Waals surface area (Å²) in [5, 5.41) is 3.62. The first kappa shape index (κ1) is 15.4. The molecule has 0 bridgehead atoms. The molecule has 0 aromatic heterocycles. The Labute approximate surface area is 129 Å². The second-order valence-corrected chi connectivity index (χ2v) is 5.19. The molecule has 0 aliphatic heterocycles. The maximum Gasteiger partial charge on any atom is 0.220 e.